The maximum absolute atomic E-state index is 2.42. The summed E-state index contributed by atoms with van der Waals surface area (Å²) in [5.41, 5.74) is 3.46. The molecule has 0 saturated heterocycles. The number of hydrogen-bond acceptors (Lipinski definition) is 0. The summed E-state index contributed by atoms with van der Waals surface area (Å²) in [7, 11) is 0. The summed E-state index contributed by atoms with van der Waals surface area (Å²) in [6, 6.07) is 0. The summed E-state index contributed by atoms with van der Waals surface area (Å²) < 4.78 is 0. The third-order valence-electron chi connectivity index (χ3n) is 4.77. The van der Waals surface area contributed by atoms with Crippen molar-refractivity contribution in [3.05, 3.63) is 23.3 Å². The van der Waals surface area contributed by atoms with Gasteiger partial charge in [0, 0.05) is 26.2 Å². The van der Waals surface area contributed by atoms with E-state index in [-0.39, 0.29) is 51.0 Å². The Kier molecular flexibility index (Phi) is 27.2. The molecule has 0 fully saturated rings. The average Bonchev–Trinajstić information content (AvgIpc) is 2.94. The van der Waals surface area contributed by atoms with E-state index >= 15 is 0 Å². The Morgan fingerprint density at radius 2 is 1.12 bits per heavy atom. The van der Waals surface area contributed by atoms with Crippen LogP contribution >= 0.6 is 24.8 Å². The fourth-order valence-corrected chi connectivity index (χ4v) is 3.33. The molecule has 0 aromatic carbocycles. The Balaban J connectivity index is -0.00000147. The molecule has 0 aromatic heterocycles. The number of hydrogen-bond donors (Lipinski definition) is 0. The predicted molar refractivity (Wildman–Crippen MR) is 111 cm³/mol. The average molecular weight is 455 g/mol. The molecule has 1 aliphatic carbocycles. The minimum Gasteiger partial charge on any atom is -0.147 e. The predicted octanol–water partition coefficient (Wildman–Crippen LogP) is 8.59. The number of allylic oxidation sites excluding steroid dienone is 4. The molecule has 0 saturated carbocycles. The molecule has 142 valence electrons. The molecule has 0 nitrogen and oxygen atoms in total. The molecule has 0 aliphatic heterocycles. The van der Waals surface area contributed by atoms with E-state index in [2.05, 4.69) is 26.0 Å². The second-order valence-corrected chi connectivity index (χ2v) is 6.77. The molecule has 0 heterocycles. The van der Waals surface area contributed by atoms with Crippen LogP contribution < -0.4 is 0 Å². The van der Waals surface area contributed by atoms with Gasteiger partial charge in [-0.2, -0.15) is 0 Å². The second-order valence-electron chi connectivity index (χ2n) is 6.77. The van der Waals surface area contributed by atoms with Crippen molar-refractivity contribution in [3.8, 4) is 0 Å². The summed E-state index contributed by atoms with van der Waals surface area (Å²) in [4.78, 5) is 0. The largest absolute Gasteiger partial charge is 0.147 e. The van der Waals surface area contributed by atoms with Crippen molar-refractivity contribution in [2.45, 2.75) is 110 Å². The van der Waals surface area contributed by atoms with Crippen molar-refractivity contribution < 1.29 is 26.2 Å². The molecule has 0 radical (unpaired) electrons. The van der Waals surface area contributed by atoms with Crippen LogP contribution in [0, 0.1) is 0 Å². The van der Waals surface area contributed by atoms with Crippen LogP contribution in [0.2, 0.25) is 0 Å². The molecular weight excluding hydrogens is 414 g/mol. The van der Waals surface area contributed by atoms with E-state index in [1.54, 1.807) is 11.1 Å². The van der Waals surface area contributed by atoms with Crippen LogP contribution in [0.5, 0.6) is 0 Å². The summed E-state index contributed by atoms with van der Waals surface area (Å²) in [6.45, 7) is 4.59. The summed E-state index contributed by atoms with van der Waals surface area (Å²) in [5.74, 6) is 0. The van der Waals surface area contributed by atoms with Gasteiger partial charge in [0.1, 0.15) is 0 Å². The Hall–Kier alpha value is 0.943. The fraction of sp³-hybridized carbons (Fsp3) is 0.810. The minimum atomic E-state index is 0. The number of halogens is 2. The Morgan fingerprint density at radius 1 is 0.667 bits per heavy atom. The van der Waals surface area contributed by atoms with Gasteiger partial charge in [0.05, 0.1) is 0 Å². The Labute approximate surface area is 183 Å². The van der Waals surface area contributed by atoms with Gasteiger partial charge >= 0.3 is 0 Å². The standard InChI is InChI=1S/C21H38.2ClH.Zr/c1-3-5-7-9-11-13-16-20-18-15-19-21(20)17-14-12-10-8-6-4-2;;;/h15,18H,3-14,16-17,19H2,1-2H3;2*1H;. The maximum Gasteiger partial charge on any atom is 0 e. The molecule has 1 aliphatic rings. The molecular formula is C21H40Cl2Zr. The van der Waals surface area contributed by atoms with Crippen molar-refractivity contribution >= 4 is 24.8 Å². The number of unbranched alkanes of at least 4 members (excludes halogenated alkanes) is 10. The van der Waals surface area contributed by atoms with Crippen LogP contribution in [0.1, 0.15) is 110 Å². The first kappa shape index (κ1) is 29.7. The van der Waals surface area contributed by atoms with Crippen molar-refractivity contribution in [1.82, 2.24) is 0 Å². The van der Waals surface area contributed by atoms with Gasteiger partial charge in [-0.05, 0) is 37.7 Å². The van der Waals surface area contributed by atoms with Gasteiger partial charge in [-0.1, -0.05) is 95.8 Å². The molecule has 0 spiro atoms. The molecule has 1 rings (SSSR count). The normalized spacial score (nSPS) is 12.6. The summed E-state index contributed by atoms with van der Waals surface area (Å²) in [6.07, 6.45) is 25.8. The van der Waals surface area contributed by atoms with Crippen molar-refractivity contribution in [3.63, 3.8) is 0 Å². The first-order chi connectivity index (χ1) is 10.4. The SMILES string of the molecule is CCCCCCCCC1=C(CCCCCCCC)CC=C1.Cl.Cl.[Zr]. The molecule has 3 heteroatoms. The van der Waals surface area contributed by atoms with Gasteiger partial charge in [-0.3, -0.25) is 0 Å². The van der Waals surface area contributed by atoms with Gasteiger partial charge in [0.25, 0.3) is 0 Å². The van der Waals surface area contributed by atoms with Gasteiger partial charge in [-0.25, -0.2) is 0 Å². The molecule has 0 atom stereocenters. The quantitative estimate of drug-likeness (QED) is 0.231. The summed E-state index contributed by atoms with van der Waals surface area (Å²) >= 11 is 0. The first-order valence-corrected chi connectivity index (χ1v) is 9.76. The molecule has 0 N–H and O–H groups in total. The topological polar surface area (TPSA) is 0 Å². The smallest absolute Gasteiger partial charge is 0 e. The fourth-order valence-electron chi connectivity index (χ4n) is 3.33. The maximum atomic E-state index is 2.42. The van der Waals surface area contributed by atoms with E-state index in [0.29, 0.717) is 0 Å². The zero-order chi connectivity index (χ0) is 15.2. The second kappa shape index (κ2) is 22.0. The van der Waals surface area contributed by atoms with Crippen LogP contribution in [0.3, 0.4) is 0 Å². The molecule has 0 amide bonds. The van der Waals surface area contributed by atoms with Crippen LogP contribution in [-0.2, 0) is 26.2 Å². The zero-order valence-corrected chi connectivity index (χ0v) is 20.2. The molecule has 0 bridgehead atoms. The van der Waals surface area contributed by atoms with Gasteiger partial charge in [0.15, 0.2) is 0 Å². The number of rotatable bonds is 14. The van der Waals surface area contributed by atoms with Crippen LogP contribution in [-0.4, -0.2) is 0 Å². The molecule has 24 heavy (non-hydrogen) atoms. The van der Waals surface area contributed by atoms with Crippen LogP contribution in [0.25, 0.3) is 0 Å². The monoisotopic (exact) mass is 452 g/mol. The first-order valence-electron chi connectivity index (χ1n) is 9.76. The van der Waals surface area contributed by atoms with Crippen molar-refractivity contribution in [2.75, 3.05) is 0 Å². The summed E-state index contributed by atoms with van der Waals surface area (Å²) in [5, 5.41) is 0. The Bertz CT molecular complexity index is 311. The van der Waals surface area contributed by atoms with Crippen LogP contribution in [0.4, 0.5) is 0 Å². The minimum absolute atomic E-state index is 0. The van der Waals surface area contributed by atoms with E-state index in [4.69, 9.17) is 0 Å². The van der Waals surface area contributed by atoms with Gasteiger partial charge < -0.3 is 0 Å². The van der Waals surface area contributed by atoms with Crippen molar-refractivity contribution in [2.24, 2.45) is 0 Å². The van der Waals surface area contributed by atoms with E-state index in [9.17, 15) is 0 Å². The van der Waals surface area contributed by atoms with E-state index in [1.165, 1.54) is 96.3 Å². The van der Waals surface area contributed by atoms with Gasteiger partial charge in [0.2, 0.25) is 0 Å². The zero-order valence-electron chi connectivity index (χ0n) is 16.1. The third kappa shape index (κ3) is 15.2. The van der Waals surface area contributed by atoms with Gasteiger partial charge in [-0.15, -0.1) is 24.8 Å². The van der Waals surface area contributed by atoms with Crippen molar-refractivity contribution in [1.29, 1.82) is 0 Å². The third-order valence-corrected chi connectivity index (χ3v) is 4.77. The van der Waals surface area contributed by atoms with E-state index in [1.807, 2.05) is 0 Å². The van der Waals surface area contributed by atoms with Crippen LogP contribution in [0.15, 0.2) is 23.3 Å². The van der Waals surface area contributed by atoms with E-state index < -0.39 is 0 Å². The van der Waals surface area contributed by atoms with E-state index in [0.717, 1.165) is 0 Å². The Morgan fingerprint density at radius 3 is 1.67 bits per heavy atom. The molecule has 0 aromatic rings. The molecule has 0 unspecified atom stereocenters.